The zero-order valence-corrected chi connectivity index (χ0v) is 26.1. The summed E-state index contributed by atoms with van der Waals surface area (Å²) < 4.78 is 9.64. The zero-order valence-electron chi connectivity index (χ0n) is 26.1. The van der Waals surface area contributed by atoms with Crippen LogP contribution in [0.2, 0.25) is 0 Å². The number of hydrogen-bond donors (Lipinski definition) is 0. The predicted octanol–water partition coefficient (Wildman–Crippen LogP) is 11.6. The Labute approximate surface area is 267 Å². The number of benzene rings is 5. The van der Waals surface area contributed by atoms with Crippen LogP contribution in [0.25, 0.3) is 89.5 Å². The molecule has 9 aromatic rings. The van der Waals surface area contributed by atoms with Gasteiger partial charge in [-0.05, 0) is 55.3 Å². The SMILES string of the molecule is CC/C=C/n1c2ccccc2c2c3ccccc3n(-c3cccc(-n4c5ccccc5c5c6ccccc6n(/C=C/CC)c54)c3)c21. The first-order valence-corrected chi connectivity index (χ1v) is 16.3. The molecule has 0 aliphatic rings. The molecule has 4 nitrogen and oxygen atoms in total. The second kappa shape index (κ2) is 10.4. The quantitative estimate of drug-likeness (QED) is 0.182. The van der Waals surface area contributed by atoms with Gasteiger partial charge >= 0.3 is 0 Å². The number of aromatic nitrogens is 4. The standard InChI is InChI=1S/C42H34N4/c1-3-5-26-43-35-22-11-7-18-31(35)39-33-20-9-13-24-37(33)45(41(39)43)29-16-15-17-30(28-29)46-38-25-14-10-21-34(38)40-32-19-8-12-23-36(32)44(42(40)46)27-6-4-2/h5-28H,3-4H2,1-2H3/b26-5+,27-6+. The maximum Gasteiger partial charge on any atom is 0.131 e. The van der Waals surface area contributed by atoms with E-state index in [9.17, 15) is 0 Å². The molecule has 0 fully saturated rings. The number of hydrogen-bond acceptors (Lipinski definition) is 0. The van der Waals surface area contributed by atoms with E-state index in [-0.39, 0.29) is 0 Å². The molecule has 5 aromatic carbocycles. The Morgan fingerprint density at radius 3 is 1.22 bits per heavy atom. The minimum Gasteiger partial charge on any atom is -0.302 e. The van der Waals surface area contributed by atoms with Crippen molar-refractivity contribution in [3.05, 3.63) is 133 Å². The Balaban J connectivity index is 1.40. The van der Waals surface area contributed by atoms with Gasteiger partial charge in [0.25, 0.3) is 0 Å². The topological polar surface area (TPSA) is 19.7 Å². The normalized spacial score (nSPS) is 12.6. The first kappa shape index (κ1) is 26.6. The van der Waals surface area contributed by atoms with Gasteiger partial charge in [0.1, 0.15) is 11.3 Å². The van der Waals surface area contributed by atoms with Gasteiger partial charge in [0.2, 0.25) is 0 Å². The molecule has 4 aromatic heterocycles. The Hall–Kier alpha value is -5.74. The molecular formula is C42H34N4. The van der Waals surface area contributed by atoms with Gasteiger partial charge in [-0.15, -0.1) is 0 Å². The molecule has 0 bridgehead atoms. The van der Waals surface area contributed by atoms with E-state index in [4.69, 9.17) is 0 Å². The van der Waals surface area contributed by atoms with Crippen molar-refractivity contribution in [2.45, 2.75) is 26.7 Å². The van der Waals surface area contributed by atoms with E-state index in [0.717, 1.165) is 24.2 Å². The minimum atomic E-state index is 0.973. The third-order valence-electron chi connectivity index (χ3n) is 9.35. The molecule has 0 saturated heterocycles. The summed E-state index contributed by atoms with van der Waals surface area (Å²) in [6.07, 6.45) is 10.9. The molecule has 4 heteroatoms. The minimum absolute atomic E-state index is 0.973. The van der Waals surface area contributed by atoms with Gasteiger partial charge in [0.15, 0.2) is 0 Å². The van der Waals surface area contributed by atoms with Gasteiger partial charge in [-0.25, -0.2) is 0 Å². The van der Waals surface area contributed by atoms with Crippen LogP contribution < -0.4 is 0 Å². The van der Waals surface area contributed by atoms with Crippen molar-refractivity contribution >= 4 is 78.1 Å². The summed E-state index contributed by atoms with van der Waals surface area (Å²) in [5.74, 6) is 0. The number of nitrogens with zero attached hydrogens (tertiary/aromatic N) is 4. The van der Waals surface area contributed by atoms with Gasteiger partial charge in [-0.1, -0.05) is 105 Å². The first-order valence-electron chi connectivity index (χ1n) is 16.3. The molecule has 0 unspecified atom stereocenters. The van der Waals surface area contributed by atoms with Crippen LogP contribution in [0.1, 0.15) is 26.7 Å². The van der Waals surface area contributed by atoms with Crippen LogP contribution in [-0.2, 0) is 0 Å². The van der Waals surface area contributed by atoms with Crippen molar-refractivity contribution < 1.29 is 0 Å². The van der Waals surface area contributed by atoms with Crippen molar-refractivity contribution in [2.75, 3.05) is 0 Å². The maximum atomic E-state index is 2.45. The van der Waals surface area contributed by atoms with Gasteiger partial charge in [0, 0.05) is 56.1 Å². The Bertz CT molecular complexity index is 2480. The Morgan fingerprint density at radius 2 is 0.804 bits per heavy atom. The van der Waals surface area contributed by atoms with E-state index >= 15 is 0 Å². The van der Waals surface area contributed by atoms with Crippen molar-refractivity contribution in [1.29, 1.82) is 0 Å². The fraction of sp³-hybridized carbons (Fsp3) is 0.0952. The monoisotopic (exact) mass is 594 g/mol. The van der Waals surface area contributed by atoms with Crippen molar-refractivity contribution in [3.63, 3.8) is 0 Å². The van der Waals surface area contributed by atoms with Gasteiger partial charge in [0.05, 0.1) is 22.1 Å². The largest absolute Gasteiger partial charge is 0.302 e. The van der Waals surface area contributed by atoms with Crippen molar-refractivity contribution in [2.24, 2.45) is 0 Å². The van der Waals surface area contributed by atoms with Crippen LogP contribution >= 0.6 is 0 Å². The summed E-state index contributed by atoms with van der Waals surface area (Å²) in [6.45, 7) is 4.38. The molecule has 0 N–H and O–H groups in total. The maximum absolute atomic E-state index is 2.45. The molecule has 46 heavy (non-hydrogen) atoms. The summed E-state index contributed by atoms with van der Waals surface area (Å²) in [4.78, 5) is 0. The molecule has 0 amide bonds. The third kappa shape index (κ3) is 3.67. The van der Waals surface area contributed by atoms with Crippen LogP contribution in [0.3, 0.4) is 0 Å². The van der Waals surface area contributed by atoms with E-state index in [1.165, 1.54) is 65.7 Å². The number of allylic oxidation sites excluding steroid dienone is 2. The zero-order chi connectivity index (χ0) is 30.8. The molecular weight excluding hydrogens is 560 g/mol. The second-order valence-corrected chi connectivity index (χ2v) is 12.0. The van der Waals surface area contributed by atoms with E-state index in [0.29, 0.717) is 0 Å². The molecule has 9 rings (SSSR count). The van der Waals surface area contributed by atoms with Crippen LogP contribution in [0.4, 0.5) is 0 Å². The van der Waals surface area contributed by atoms with Crippen molar-refractivity contribution in [3.8, 4) is 11.4 Å². The van der Waals surface area contributed by atoms with E-state index in [2.05, 4.69) is 178 Å². The second-order valence-electron chi connectivity index (χ2n) is 12.0. The van der Waals surface area contributed by atoms with Crippen LogP contribution in [0.15, 0.2) is 133 Å². The number of fused-ring (bicyclic) bond motifs is 10. The number of rotatable bonds is 6. The summed E-state index contributed by atoms with van der Waals surface area (Å²) in [6, 6.07) is 44.2. The summed E-state index contributed by atoms with van der Waals surface area (Å²) in [5, 5.41) is 7.65. The van der Waals surface area contributed by atoms with Crippen LogP contribution in [0.5, 0.6) is 0 Å². The first-order chi connectivity index (χ1) is 22.8. The average Bonchev–Trinajstić information content (AvgIpc) is 3.81. The molecule has 0 saturated carbocycles. The van der Waals surface area contributed by atoms with Crippen LogP contribution in [-0.4, -0.2) is 18.3 Å². The molecule has 222 valence electrons. The average molecular weight is 595 g/mol. The highest BCUT2D eigenvalue weighted by atomic mass is 15.1. The van der Waals surface area contributed by atoms with Gasteiger partial charge in [-0.2, -0.15) is 0 Å². The summed E-state index contributed by atoms with van der Waals surface area (Å²) >= 11 is 0. The van der Waals surface area contributed by atoms with E-state index in [1.54, 1.807) is 0 Å². The Morgan fingerprint density at radius 1 is 0.435 bits per heavy atom. The smallest absolute Gasteiger partial charge is 0.131 e. The van der Waals surface area contributed by atoms with Crippen molar-refractivity contribution in [1.82, 2.24) is 18.3 Å². The third-order valence-corrected chi connectivity index (χ3v) is 9.35. The lowest BCUT2D eigenvalue weighted by molar-refractivity contribution is 1.07. The summed E-state index contributed by atoms with van der Waals surface area (Å²) in [5.41, 5.74) is 9.49. The molecule has 0 atom stereocenters. The van der Waals surface area contributed by atoms with E-state index < -0.39 is 0 Å². The summed E-state index contributed by atoms with van der Waals surface area (Å²) in [7, 11) is 0. The lowest BCUT2D eigenvalue weighted by Crippen LogP contribution is -2.02. The Kier molecular flexibility index (Phi) is 6.04. The molecule has 0 spiro atoms. The number of para-hydroxylation sites is 4. The van der Waals surface area contributed by atoms with Gasteiger partial charge in [-0.3, -0.25) is 9.13 Å². The van der Waals surface area contributed by atoms with Gasteiger partial charge < -0.3 is 9.13 Å². The highest BCUT2D eigenvalue weighted by molar-refractivity contribution is 6.23. The molecule has 0 aliphatic heterocycles. The van der Waals surface area contributed by atoms with Crippen LogP contribution in [0, 0.1) is 0 Å². The highest BCUT2D eigenvalue weighted by Gasteiger charge is 2.22. The highest BCUT2D eigenvalue weighted by Crippen LogP contribution is 2.42. The predicted molar refractivity (Wildman–Crippen MR) is 197 cm³/mol. The van der Waals surface area contributed by atoms with E-state index in [1.807, 2.05) is 0 Å². The fourth-order valence-electron chi connectivity index (χ4n) is 7.48. The molecule has 4 heterocycles. The lowest BCUT2D eigenvalue weighted by atomic mass is 10.1. The lowest BCUT2D eigenvalue weighted by Gasteiger charge is -2.14. The fourth-order valence-corrected chi connectivity index (χ4v) is 7.48. The molecule has 0 aliphatic carbocycles. The molecule has 0 radical (unpaired) electrons.